The van der Waals surface area contributed by atoms with E-state index in [1.54, 1.807) is 0 Å². The van der Waals surface area contributed by atoms with E-state index in [1.165, 1.54) is 19.3 Å². The SMILES string of the molecule is O=C(CNCc1cccc(CO)c1)NC1CCCCC1. The van der Waals surface area contributed by atoms with E-state index in [0.717, 1.165) is 24.0 Å². The molecular formula is C16H24N2O2. The molecule has 3 N–H and O–H groups in total. The summed E-state index contributed by atoms with van der Waals surface area (Å²) in [5.74, 6) is 0.0789. The first kappa shape index (κ1) is 15.0. The first-order valence-electron chi connectivity index (χ1n) is 7.46. The zero-order valence-corrected chi connectivity index (χ0v) is 11.9. The minimum Gasteiger partial charge on any atom is -0.392 e. The van der Waals surface area contributed by atoms with Crippen molar-refractivity contribution in [3.05, 3.63) is 35.4 Å². The van der Waals surface area contributed by atoms with E-state index in [2.05, 4.69) is 10.6 Å². The fourth-order valence-electron chi connectivity index (χ4n) is 2.68. The molecule has 0 unspecified atom stereocenters. The van der Waals surface area contributed by atoms with Crippen molar-refractivity contribution in [2.24, 2.45) is 0 Å². The van der Waals surface area contributed by atoms with Gasteiger partial charge >= 0.3 is 0 Å². The Bertz CT molecular complexity index is 428. The normalized spacial score (nSPS) is 16.1. The molecule has 20 heavy (non-hydrogen) atoms. The lowest BCUT2D eigenvalue weighted by atomic mass is 9.95. The molecule has 0 spiro atoms. The number of aliphatic hydroxyl groups excluding tert-OH is 1. The number of carbonyl (C=O) groups excluding carboxylic acids is 1. The van der Waals surface area contributed by atoms with Gasteiger partial charge in [-0.1, -0.05) is 43.5 Å². The van der Waals surface area contributed by atoms with Gasteiger partial charge in [-0.2, -0.15) is 0 Å². The van der Waals surface area contributed by atoms with Gasteiger partial charge in [0, 0.05) is 12.6 Å². The molecule has 4 heteroatoms. The van der Waals surface area contributed by atoms with Crippen molar-refractivity contribution in [3.63, 3.8) is 0 Å². The van der Waals surface area contributed by atoms with Crippen LogP contribution in [0.2, 0.25) is 0 Å². The number of hydrogen-bond acceptors (Lipinski definition) is 3. The second-order valence-corrected chi connectivity index (χ2v) is 5.48. The van der Waals surface area contributed by atoms with Gasteiger partial charge in [0.15, 0.2) is 0 Å². The third kappa shape index (κ3) is 4.94. The Morgan fingerprint density at radius 1 is 1.20 bits per heavy atom. The molecule has 1 aromatic carbocycles. The Kier molecular flexibility index (Phi) is 6.02. The van der Waals surface area contributed by atoms with E-state index in [-0.39, 0.29) is 12.5 Å². The zero-order chi connectivity index (χ0) is 14.2. The van der Waals surface area contributed by atoms with Gasteiger partial charge in [0.05, 0.1) is 13.2 Å². The fourth-order valence-corrected chi connectivity index (χ4v) is 2.68. The number of nitrogens with one attached hydrogen (secondary N) is 2. The van der Waals surface area contributed by atoms with Gasteiger partial charge < -0.3 is 15.7 Å². The van der Waals surface area contributed by atoms with Gasteiger partial charge in [-0.3, -0.25) is 4.79 Å². The van der Waals surface area contributed by atoms with Crippen LogP contribution < -0.4 is 10.6 Å². The summed E-state index contributed by atoms with van der Waals surface area (Å²) in [6.07, 6.45) is 5.99. The molecule has 0 saturated heterocycles. The summed E-state index contributed by atoms with van der Waals surface area (Å²) in [6.45, 7) is 1.04. The summed E-state index contributed by atoms with van der Waals surface area (Å²) in [6, 6.07) is 8.12. The Balaban J connectivity index is 1.67. The van der Waals surface area contributed by atoms with Crippen molar-refractivity contribution in [3.8, 4) is 0 Å². The van der Waals surface area contributed by atoms with Crippen molar-refractivity contribution in [2.75, 3.05) is 6.54 Å². The van der Waals surface area contributed by atoms with Crippen molar-refractivity contribution in [1.29, 1.82) is 0 Å². The van der Waals surface area contributed by atoms with Crippen LogP contribution in [0.15, 0.2) is 24.3 Å². The molecule has 4 nitrogen and oxygen atoms in total. The number of benzene rings is 1. The Morgan fingerprint density at radius 3 is 2.70 bits per heavy atom. The lowest BCUT2D eigenvalue weighted by Gasteiger charge is -2.22. The molecule has 110 valence electrons. The predicted octanol–water partition coefficient (Wildman–Crippen LogP) is 1.72. The number of carbonyl (C=O) groups is 1. The average Bonchev–Trinajstić information content (AvgIpc) is 2.48. The smallest absolute Gasteiger partial charge is 0.234 e. The lowest BCUT2D eigenvalue weighted by Crippen LogP contribution is -2.41. The van der Waals surface area contributed by atoms with Crippen molar-refractivity contribution >= 4 is 5.91 Å². The number of rotatable bonds is 6. The molecule has 0 radical (unpaired) electrons. The maximum absolute atomic E-state index is 11.8. The molecule has 0 aromatic heterocycles. The van der Waals surface area contributed by atoms with Gasteiger partial charge in [0.1, 0.15) is 0 Å². The van der Waals surface area contributed by atoms with Crippen LogP contribution in [-0.2, 0) is 17.9 Å². The molecule has 0 aliphatic heterocycles. The third-order valence-electron chi connectivity index (χ3n) is 3.76. The zero-order valence-electron chi connectivity index (χ0n) is 11.9. The van der Waals surface area contributed by atoms with Crippen LogP contribution in [0.3, 0.4) is 0 Å². The fraction of sp³-hybridized carbons (Fsp3) is 0.562. The first-order valence-corrected chi connectivity index (χ1v) is 7.46. The summed E-state index contributed by atoms with van der Waals surface area (Å²) in [7, 11) is 0. The van der Waals surface area contributed by atoms with Crippen LogP contribution >= 0.6 is 0 Å². The topological polar surface area (TPSA) is 61.4 Å². The molecule has 0 heterocycles. The molecule has 0 bridgehead atoms. The Morgan fingerprint density at radius 2 is 1.95 bits per heavy atom. The standard InChI is InChI=1S/C16H24N2O2/c19-12-14-6-4-5-13(9-14)10-17-11-16(20)18-15-7-2-1-3-8-15/h4-6,9,15,17,19H,1-3,7-8,10-12H2,(H,18,20). The molecule has 1 saturated carbocycles. The molecule has 1 aromatic rings. The summed E-state index contributed by atoms with van der Waals surface area (Å²) in [5.41, 5.74) is 1.98. The summed E-state index contributed by atoms with van der Waals surface area (Å²) in [4.78, 5) is 11.8. The maximum atomic E-state index is 11.8. The maximum Gasteiger partial charge on any atom is 0.234 e. The first-order chi connectivity index (χ1) is 9.78. The predicted molar refractivity (Wildman–Crippen MR) is 79.1 cm³/mol. The van der Waals surface area contributed by atoms with Crippen molar-refractivity contribution in [2.45, 2.75) is 51.3 Å². The van der Waals surface area contributed by atoms with E-state index in [0.29, 0.717) is 19.1 Å². The third-order valence-corrected chi connectivity index (χ3v) is 3.76. The molecule has 1 fully saturated rings. The van der Waals surface area contributed by atoms with Gasteiger partial charge in [-0.25, -0.2) is 0 Å². The number of hydrogen-bond donors (Lipinski definition) is 3. The lowest BCUT2D eigenvalue weighted by molar-refractivity contribution is -0.121. The highest BCUT2D eigenvalue weighted by Gasteiger charge is 2.15. The molecule has 2 rings (SSSR count). The van der Waals surface area contributed by atoms with Gasteiger partial charge in [-0.15, -0.1) is 0 Å². The summed E-state index contributed by atoms with van der Waals surface area (Å²) >= 11 is 0. The monoisotopic (exact) mass is 276 g/mol. The summed E-state index contributed by atoms with van der Waals surface area (Å²) < 4.78 is 0. The van der Waals surface area contributed by atoms with E-state index in [9.17, 15) is 4.79 Å². The van der Waals surface area contributed by atoms with Crippen molar-refractivity contribution in [1.82, 2.24) is 10.6 Å². The number of amides is 1. The second kappa shape index (κ2) is 8.02. The van der Waals surface area contributed by atoms with Crippen molar-refractivity contribution < 1.29 is 9.90 Å². The minimum atomic E-state index is 0.0516. The molecule has 1 aliphatic rings. The van der Waals surface area contributed by atoms with Gasteiger partial charge in [0.25, 0.3) is 0 Å². The molecule has 1 aliphatic carbocycles. The Hall–Kier alpha value is -1.39. The van der Waals surface area contributed by atoms with Gasteiger partial charge in [-0.05, 0) is 24.0 Å². The van der Waals surface area contributed by atoms with Crippen LogP contribution in [0.4, 0.5) is 0 Å². The molecule has 0 atom stereocenters. The number of aliphatic hydroxyl groups is 1. The Labute approximate surface area is 120 Å². The average molecular weight is 276 g/mol. The van der Waals surface area contributed by atoms with Crippen LogP contribution in [-0.4, -0.2) is 23.6 Å². The minimum absolute atomic E-state index is 0.0516. The largest absolute Gasteiger partial charge is 0.392 e. The molecular weight excluding hydrogens is 252 g/mol. The van der Waals surface area contributed by atoms with Crippen LogP contribution in [0.25, 0.3) is 0 Å². The van der Waals surface area contributed by atoms with Crippen LogP contribution in [0.5, 0.6) is 0 Å². The highest BCUT2D eigenvalue weighted by molar-refractivity contribution is 5.78. The molecule has 1 amide bonds. The van der Waals surface area contributed by atoms with Gasteiger partial charge in [0.2, 0.25) is 5.91 Å². The van der Waals surface area contributed by atoms with E-state index in [4.69, 9.17) is 5.11 Å². The van der Waals surface area contributed by atoms with Crippen LogP contribution in [0, 0.1) is 0 Å². The highest BCUT2D eigenvalue weighted by atomic mass is 16.3. The van der Waals surface area contributed by atoms with E-state index in [1.807, 2.05) is 24.3 Å². The summed E-state index contributed by atoms with van der Waals surface area (Å²) in [5, 5.41) is 15.3. The van der Waals surface area contributed by atoms with E-state index >= 15 is 0 Å². The second-order valence-electron chi connectivity index (χ2n) is 5.48. The van der Waals surface area contributed by atoms with E-state index < -0.39 is 0 Å². The quantitative estimate of drug-likeness (QED) is 0.741. The van der Waals surface area contributed by atoms with Crippen LogP contribution in [0.1, 0.15) is 43.2 Å². The highest BCUT2D eigenvalue weighted by Crippen LogP contribution is 2.17.